The number of benzene rings is 1. The summed E-state index contributed by atoms with van der Waals surface area (Å²) in [5.41, 5.74) is 0.969. The molecule has 0 amide bonds. The lowest BCUT2D eigenvalue weighted by atomic mass is 9.96. The van der Waals surface area contributed by atoms with Gasteiger partial charge in [0.1, 0.15) is 0 Å². The molecule has 18 heavy (non-hydrogen) atoms. The van der Waals surface area contributed by atoms with Crippen LogP contribution >= 0.6 is 11.6 Å². The number of methoxy groups -OCH3 is 1. The van der Waals surface area contributed by atoms with E-state index in [1.807, 2.05) is 6.07 Å². The molecule has 1 aliphatic carbocycles. The first-order chi connectivity index (χ1) is 8.74. The second-order valence-electron chi connectivity index (χ2n) is 4.39. The molecule has 0 radical (unpaired) electrons. The van der Waals surface area contributed by atoms with Gasteiger partial charge in [-0.1, -0.05) is 11.6 Å². The van der Waals surface area contributed by atoms with Crippen LogP contribution in [0.4, 0.5) is 0 Å². The number of hydrogen-bond donors (Lipinski definition) is 1. The minimum absolute atomic E-state index is 0.289. The van der Waals surface area contributed by atoms with E-state index in [1.54, 1.807) is 13.2 Å². The van der Waals surface area contributed by atoms with E-state index in [1.165, 1.54) is 6.42 Å². The second kappa shape index (κ2) is 6.27. The summed E-state index contributed by atoms with van der Waals surface area (Å²) in [5, 5.41) is 0.625. The maximum Gasteiger partial charge on any atom is 0.164 e. The lowest BCUT2D eigenvalue weighted by Gasteiger charge is -2.28. The quantitative estimate of drug-likeness (QED) is 0.809. The number of ether oxygens (including phenoxy) is 2. The molecular formula is C13H18ClNO3. The molecule has 1 fully saturated rings. The molecule has 0 spiro atoms. The molecule has 1 aliphatic rings. The van der Waals surface area contributed by atoms with Gasteiger partial charge in [0, 0.05) is 23.1 Å². The summed E-state index contributed by atoms with van der Waals surface area (Å²) in [6.45, 7) is 0.421. The van der Waals surface area contributed by atoms with Gasteiger partial charge in [-0.2, -0.15) is 0 Å². The van der Waals surface area contributed by atoms with Crippen molar-refractivity contribution in [3.8, 4) is 11.5 Å². The van der Waals surface area contributed by atoms with Gasteiger partial charge < -0.3 is 14.3 Å². The minimum atomic E-state index is 0.289. The second-order valence-corrected chi connectivity index (χ2v) is 4.82. The van der Waals surface area contributed by atoms with Gasteiger partial charge in [0.2, 0.25) is 0 Å². The summed E-state index contributed by atoms with van der Waals surface area (Å²) in [6, 6.07) is 3.64. The first-order valence-electron chi connectivity index (χ1n) is 6.09. The van der Waals surface area contributed by atoms with Crippen molar-refractivity contribution in [2.75, 3.05) is 13.7 Å². The Hall–Kier alpha value is -0.970. The highest BCUT2D eigenvalue weighted by atomic mass is 35.5. The highest BCUT2D eigenvalue weighted by Gasteiger charge is 2.23. The molecule has 0 unspecified atom stereocenters. The van der Waals surface area contributed by atoms with E-state index in [0.717, 1.165) is 24.2 Å². The van der Waals surface area contributed by atoms with Crippen molar-refractivity contribution < 1.29 is 14.3 Å². The lowest BCUT2D eigenvalue weighted by Crippen LogP contribution is -2.25. The van der Waals surface area contributed by atoms with E-state index in [4.69, 9.17) is 27.0 Å². The SMILES string of the molecule is COc1cc(Cl)cc(CCON)c1OC1CCC1. The molecule has 1 saturated carbocycles. The largest absolute Gasteiger partial charge is 0.493 e. The van der Waals surface area contributed by atoms with Crippen LogP contribution in [-0.4, -0.2) is 19.8 Å². The van der Waals surface area contributed by atoms with Crippen molar-refractivity contribution in [3.05, 3.63) is 22.7 Å². The zero-order chi connectivity index (χ0) is 13.0. The van der Waals surface area contributed by atoms with E-state index in [9.17, 15) is 0 Å². The van der Waals surface area contributed by atoms with E-state index in [2.05, 4.69) is 4.84 Å². The molecule has 2 N–H and O–H groups in total. The third kappa shape index (κ3) is 3.07. The van der Waals surface area contributed by atoms with E-state index >= 15 is 0 Å². The molecule has 2 rings (SSSR count). The topological polar surface area (TPSA) is 53.7 Å². The van der Waals surface area contributed by atoms with Crippen molar-refractivity contribution >= 4 is 11.6 Å². The Labute approximate surface area is 112 Å². The molecule has 1 aromatic carbocycles. The van der Waals surface area contributed by atoms with Crippen LogP contribution in [0, 0.1) is 0 Å². The summed E-state index contributed by atoms with van der Waals surface area (Å²) < 4.78 is 11.3. The smallest absolute Gasteiger partial charge is 0.164 e. The minimum Gasteiger partial charge on any atom is -0.493 e. The van der Waals surface area contributed by atoms with Crippen LogP contribution in [0.25, 0.3) is 0 Å². The molecule has 0 saturated heterocycles. The normalized spacial score (nSPS) is 15.3. The Morgan fingerprint density at radius 2 is 2.17 bits per heavy atom. The van der Waals surface area contributed by atoms with Crippen LogP contribution in [-0.2, 0) is 11.3 Å². The van der Waals surface area contributed by atoms with Crippen molar-refractivity contribution in [1.29, 1.82) is 0 Å². The summed E-state index contributed by atoms with van der Waals surface area (Å²) in [7, 11) is 1.61. The zero-order valence-electron chi connectivity index (χ0n) is 10.4. The van der Waals surface area contributed by atoms with E-state index < -0.39 is 0 Å². The third-order valence-corrected chi connectivity index (χ3v) is 3.36. The number of nitrogens with two attached hydrogens (primary N) is 1. The third-order valence-electron chi connectivity index (χ3n) is 3.14. The summed E-state index contributed by atoms with van der Waals surface area (Å²) >= 11 is 6.06. The number of hydrogen-bond acceptors (Lipinski definition) is 4. The van der Waals surface area contributed by atoms with Crippen LogP contribution in [0.5, 0.6) is 11.5 Å². The van der Waals surface area contributed by atoms with Crippen molar-refractivity contribution in [3.63, 3.8) is 0 Å². The Bertz CT molecular complexity index is 407. The summed E-state index contributed by atoms with van der Waals surface area (Å²) in [6.07, 6.45) is 4.35. The molecule has 0 heterocycles. The van der Waals surface area contributed by atoms with Gasteiger partial charge in [-0.3, -0.25) is 0 Å². The molecular weight excluding hydrogens is 254 g/mol. The molecule has 0 bridgehead atoms. The Morgan fingerprint density at radius 3 is 2.72 bits per heavy atom. The molecule has 1 aromatic rings. The maximum atomic E-state index is 6.06. The number of halogens is 1. The summed E-state index contributed by atoms with van der Waals surface area (Å²) in [5.74, 6) is 6.50. The lowest BCUT2D eigenvalue weighted by molar-refractivity contribution is 0.111. The van der Waals surface area contributed by atoms with Crippen LogP contribution < -0.4 is 15.4 Å². The number of rotatable bonds is 6. The van der Waals surface area contributed by atoms with Crippen molar-refractivity contribution in [1.82, 2.24) is 0 Å². The average Bonchev–Trinajstić information content (AvgIpc) is 2.31. The van der Waals surface area contributed by atoms with E-state index in [0.29, 0.717) is 23.8 Å². The van der Waals surface area contributed by atoms with Gasteiger partial charge in [-0.15, -0.1) is 0 Å². The Morgan fingerprint density at radius 1 is 1.39 bits per heavy atom. The molecule has 100 valence electrons. The van der Waals surface area contributed by atoms with Crippen LogP contribution in [0.1, 0.15) is 24.8 Å². The monoisotopic (exact) mass is 271 g/mol. The Kier molecular flexibility index (Phi) is 4.69. The fourth-order valence-corrected chi connectivity index (χ4v) is 2.15. The van der Waals surface area contributed by atoms with Gasteiger partial charge in [0.05, 0.1) is 19.8 Å². The fraction of sp³-hybridized carbons (Fsp3) is 0.538. The van der Waals surface area contributed by atoms with Gasteiger partial charge in [0.25, 0.3) is 0 Å². The van der Waals surface area contributed by atoms with Gasteiger partial charge in [-0.25, -0.2) is 5.90 Å². The molecule has 0 atom stereocenters. The van der Waals surface area contributed by atoms with Gasteiger partial charge in [-0.05, 0) is 25.3 Å². The first-order valence-corrected chi connectivity index (χ1v) is 6.47. The van der Waals surface area contributed by atoms with Crippen molar-refractivity contribution in [2.24, 2.45) is 5.90 Å². The highest BCUT2D eigenvalue weighted by molar-refractivity contribution is 6.30. The van der Waals surface area contributed by atoms with E-state index in [-0.39, 0.29) is 6.10 Å². The average molecular weight is 272 g/mol. The van der Waals surface area contributed by atoms with Crippen molar-refractivity contribution in [2.45, 2.75) is 31.8 Å². The fourth-order valence-electron chi connectivity index (χ4n) is 1.92. The highest BCUT2D eigenvalue weighted by Crippen LogP contribution is 2.38. The maximum absolute atomic E-state index is 6.06. The van der Waals surface area contributed by atoms with Crippen LogP contribution in [0.2, 0.25) is 5.02 Å². The first kappa shape index (κ1) is 13.5. The summed E-state index contributed by atoms with van der Waals surface area (Å²) in [4.78, 5) is 4.62. The van der Waals surface area contributed by atoms with Crippen LogP contribution in [0.15, 0.2) is 12.1 Å². The predicted octanol–water partition coefficient (Wildman–Crippen LogP) is 2.71. The van der Waals surface area contributed by atoms with Crippen LogP contribution in [0.3, 0.4) is 0 Å². The predicted molar refractivity (Wildman–Crippen MR) is 70.1 cm³/mol. The van der Waals surface area contributed by atoms with Gasteiger partial charge >= 0.3 is 0 Å². The molecule has 4 nitrogen and oxygen atoms in total. The van der Waals surface area contributed by atoms with Gasteiger partial charge in [0.15, 0.2) is 11.5 Å². The standard InChI is InChI=1S/C13H18ClNO3/c1-16-12-8-10(14)7-9(5-6-17-15)13(12)18-11-3-2-4-11/h7-8,11H,2-6,15H2,1H3. The molecule has 5 heteroatoms. The Balaban J connectivity index is 2.24. The molecule has 0 aliphatic heterocycles. The molecule has 0 aromatic heterocycles. The zero-order valence-corrected chi connectivity index (χ0v) is 11.2.